The SMILES string of the molecule is c1ccc(-c2cc(-c3ccccc3)cc(-c3cccc(-c4ccccc4-c4c5ccccc5c(-c5ccc6ccccc6c5)c5ccccc45)c3)c2)cc1. The van der Waals surface area contributed by atoms with Crippen LogP contribution in [0.5, 0.6) is 0 Å². The molecule has 0 radical (unpaired) electrons. The summed E-state index contributed by atoms with van der Waals surface area (Å²) in [6.07, 6.45) is 0. The maximum Gasteiger partial charge on any atom is -0.00201 e. The van der Waals surface area contributed by atoms with E-state index in [4.69, 9.17) is 0 Å². The number of hydrogen-bond acceptors (Lipinski definition) is 0. The second-order valence-electron chi connectivity index (χ2n) is 14.1. The van der Waals surface area contributed by atoms with Crippen molar-refractivity contribution in [2.45, 2.75) is 0 Å². The molecule has 0 aliphatic heterocycles. The predicted octanol–water partition coefficient (Wildman–Crippen LogP) is 15.1. The summed E-state index contributed by atoms with van der Waals surface area (Å²) in [6.45, 7) is 0. The van der Waals surface area contributed by atoms with E-state index >= 15 is 0 Å². The summed E-state index contributed by atoms with van der Waals surface area (Å²) in [5.41, 5.74) is 14.7. The number of rotatable bonds is 6. The standard InChI is InChI=1S/C54H36/c1-3-16-37(17-4-1)44-34-45(38-18-5-2-6-19-38)36-46(35-44)41-22-15-23-42(32-41)47-24-9-10-25-48(47)54-51-28-13-11-26-49(51)53(50-27-12-14-29-52(50)54)43-31-30-39-20-7-8-21-40(39)33-43/h1-36H. The van der Waals surface area contributed by atoms with Gasteiger partial charge in [-0.1, -0.05) is 188 Å². The van der Waals surface area contributed by atoms with Crippen molar-refractivity contribution in [3.05, 3.63) is 218 Å². The molecule has 0 N–H and O–H groups in total. The zero-order valence-electron chi connectivity index (χ0n) is 29.8. The first-order valence-corrected chi connectivity index (χ1v) is 18.7. The van der Waals surface area contributed by atoms with Crippen molar-refractivity contribution >= 4 is 32.3 Å². The molecule has 0 spiro atoms. The first-order valence-electron chi connectivity index (χ1n) is 18.7. The quantitative estimate of drug-likeness (QED) is 0.153. The lowest BCUT2D eigenvalue weighted by Crippen LogP contribution is -1.93. The van der Waals surface area contributed by atoms with Crippen molar-refractivity contribution in [1.29, 1.82) is 0 Å². The fourth-order valence-electron chi connectivity index (χ4n) is 8.28. The van der Waals surface area contributed by atoms with E-state index in [0.29, 0.717) is 0 Å². The highest BCUT2D eigenvalue weighted by Gasteiger charge is 2.19. The average molecular weight is 685 g/mol. The molecule has 54 heavy (non-hydrogen) atoms. The van der Waals surface area contributed by atoms with E-state index < -0.39 is 0 Å². The Morgan fingerprint density at radius 3 is 1.22 bits per heavy atom. The molecule has 0 heteroatoms. The second-order valence-corrected chi connectivity index (χ2v) is 14.1. The summed E-state index contributed by atoms with van der Waals surface area (Å²) in [7, 11) is 0. The third-order valence-electron chi connectivity index (χ3n) is 10.8. The van der Waals surface area contributed by atoms with Gasteiger partial charge in [0.2, 0.25) is 0 Å². The molecule has 0 nitrogen and oxygen atoms in total. The lowest BCUT2D eigenvalue weighted by molar-refractivity contribution is 1.55. The maximum absolute atomic E-state index is 2.37. The van der Waals surface area contributed by atoms with Crippen molar-refractivity contribution in [1.82, 2.24) is 0 Å². The minimum absolute atomic E-state index is 1.19. The van der Waals surface area contributed by atoms with E-state index in [2.05, 4.69) is 218 Å². The maximum atomic E-state index is 2.37. The molecule has 0 aliphatic carbocycles. The smallest absolute Gasteiger partial charge is 0.00201 e. The van der Waals surface area contributed by atoms with Crippen LogP contribution in [0.25, 0.3) is 99.1 Å². The van der Waals surface area contributed by atoms with E-state index in [1.807, 2.05) is 0 Å². The lowest BCUT2D eigenvalue weighted by atomic mass is 9.83. The fraction of sp³-hybridized carbons (Fsp3) is 0. The monoisotopic (exact) mass is 684 g/mol. The summed E-state index contributed by atoms with van der Waals surface area (Å²) < 4.78 is 0. The third-order valence-corrected chi connectivity index (χ3v) is 10.8. The summed E-state index contributed by atoms with van der Waals surface area (Å²) in [6, 6.07) is 79.8. The van der Waals surface area contributed by atoms with Gasteiger partial charge in [0.25, 0.3) is 0 Å². The molecular formula is C54H36. The van der Waals surface area contributed by atoms with Crippen LogP contribution < -0.4 is 0 Å². The first-order chi connectivity index (χ1) is 26.8. The Balaban J connectivity index is 1.16. The molecule has 0 atom stereocenters. The van der Waals surface area contributed by atoms with Crippen LogP contribution in [-0.4, -0.2) is 0 Å². The van der Waals surface area contributed by atoms with Crippen LogP contribution in [0.1, 0.15) is 0 Å². The Labute approximate surface area is 316 Å². The van der Waals surface area contributed by atoms with Gasteiger partial charge in [0.05, 0.1) is 0 Å². The molecule has 0 saturated carbocycles. The molecule has 0 heterocycles. The molecule has 0 fully saturated rings. The van der Waals surface area contributed by atoms with Gasteiger partial charge in [-0.15, -0.1) is 0 Å². The van der Waals surface area contributed by atoms with E-state index in [0.717, 1.165) is 0 Å². The number of fused-ring (bicyclic) bond motifs is 3. The van der Waals surface area contributed by atoms with E-state index in [9.17, 15) is 0 Å². The van der Waals surface area contributed by atoms with Crippen LogP contribution in [-0.2, 0) is 0 Å². The van der Waals surface area contributed by atoms with Gasteiger partial charge in [-0.05, 0) is 129 Å². The number of hydrogen-bond donors (Lipinski definition) is 0. The Morgan fingerprint density at radius 2 is 0.611 bits per heavy atom. The summed E-state index contributed by atoms with van der Waals surface area (Å²) in [5.74, 6) is 0. The van der Waals surface area contributed by atoms with Crippen molar-refractivity contribution in [3.8, 4) is 66.8 Å². The Bertz CT molecular complexity index is 2860. The van der Waals surface area contributed by atoms with Crippen molar-refractivity contribution < 1.29 is 0 Å². The van der Waals surface area contributed by atoms with E-state index in [-0.39, 0.29) is 0 Å². The Morgan fingerprint density at radius 1 is 0.185 bits per heavy atom. The van der Waals surface area contributed by atoms with Crippen molar-refractivity contribution in [2.75, 3.05) is 0 Å². The number of benzene rings is 10. The average Bonchev–Trinajstić information content (AvgIpc) is 3.26. The van der Waals surface area contributed by atoms with Crippen LogP contribution in [0.15, 0.2) is 218 Å². The normalized spacial score (nSPS) is 11.3. The van der Waals surface area contributed by atoms with Crippen LogP contribution in [0.3, 0.4) is 0 Å². The summed E-state index contributed by atoms with van der Waals surface area (Å²) >= 11 is 0. The highest BCUT2D eigenvalue weighted by Crippen LogP contribution is 2.46. The van der Waals surface area contributed by atoms with E-state index in [1.54, 1.807) is 0 Å². The molecule has 252 valence electrons. The lowest BCUT2D eigenvalue weighted by Gasteiger charge is -2.20. The molecular weight excluding hydrogens is 649 g/mol. The molecule has 10 aromatic rings. The zero-order valence-corrected chi connectivity index (χ0v) is 29.8. The predicted molar refractivity (Wildman–Crippen MR) is 232 cm³/mol. The molecule has 0 aliphatic rings. The van der Waals surface area contributed by atoms with Gasteiger partial charge in [-0.25, -0.2) is 0 Å². The first kappa shape index (κ1) is 31.7. The minimum Gasteiger partial charge on any atom is -0.0622 e. The van der Waals surface area contributed by atoms with Crippen LogP contribution in [0.2, 0.25) is 0 Å². The molecule has 0 amide bonds. The van der Waals surface area contributed by atoms with Crippen LogP contribution >= 0.6 is 0 Å². The van der Waals surface area contributed by atoms with Gasteiger partial charge in [-0.2, -0.15) is 0 Å². The zero-order chi connectivity index (χ0) is 35.8. The molecule has 10 rings (SSSR count). The highest BCUT2D eigenvalue weighted by atomic mass is 14.2. The second kappa shape index (κ2) is 13.5. The van der Waals surface area contributed by atoms with Crippen LogP contribution in [0.4, 0.5) is 0 Å². The summed E-state index contributed by atoms with van der Waals surface area (Å²) in [5, 5.41) is 7.54. The van der Waals surface area contributed by atoms with Gasteiger partial charge < -0.3 is 0 Å². The third kappa shape index (κ3) is 5.66. The molecule has 10 aromatic carbocycles. The summed E-state index contributed by atoms with van der Waals surface area (Å²) in [4.78, 5) is 0. The van der Waals surface area contributed by atoms with Crippen molar-refractivity contribution in [3.63, 3.8) is 0 Å². The van der Waals surface area contributed by atoms with Crippen molar-refractivity contribution in [2.24, 2.45) is 0 Å². The molecule has 0 unspecified atom stereocenters. The minimum atomic E-state index is 1.19. The largest absolute Gasteiger partial charge is 0.0622 e. The molecule has 0 aromatic heterocycles. The van der Waals surface area contributed by atoms with Gasteiger partial charge >= 0.3 is 0 Å². The Kier molecular flexibility index (Phi) is 7.93. The van der Waals surface area contributed by atoms with Gasteiger partial charge in [0.15, 0.2) is 0 Å². The van der Waals surface area contributed by atoms with E-state index in [1.165, 1.54) is 99.1 Å². The van der Waals surface area contributed by atoms with Crippen LogP contribution in [0, 0.1) is 0 Å². The van der Waals surface area contributed by atoms with Gasteiger partial charge in [0.1, 0.15) is 0 Å². The topological polar surface area (TPSA) is 0 Å². The fourth-order valence-corrected chi connectivity index (χ4v) is 8.28. The molecule has 0 saturated heterocycles. The Hall–Kier alpha value is -7.02. The van der Waals surface area contributed by atoms with Gasteiger partial charge in [0, 0.05) is 0 Å². The highest BCUT2D eigenvalue weighted by molar-refractivity contribution is 6.22. The molecule has 0 bridgehead atoms. The van der Waals surface area contributed by atoms with Gasteiger partial charge in [-0.3, -0.25) is 0 Å².